The maximum absolute atomic E-state index is 13.3. The molecule has 2 aromatic carbocycles. The van der Waals surface area contributed by atoms with Gasteiger partial charge in [-0.1, -0.05) is 60.5 Å². The van der Waals surface area contributed by atoms with Gasteiger partial charge in [-0.15, -0.1) is 0 Å². The van der Waals surface area contributed by atoms with Gasteiger partial charge in [0.15, 0.2) is 0 Å². The van der Waals surface area contributed by atoms with Gasteiger partial charge < -0.3 is 10.2 Å². The minimum atomic E-state index is -0.540. The van der Waals surface area contributed by atoms with Crippen LogP contribution in [0.25, 0.3) is 0 Å². The number of nitrogens with zero attached hydrogens (tertiary/aromatic N) is 1. The number of hydrogen-bond acceptors (Lipinski definition) is 2. The Morgan fingerprint density at radius 2 is 1.72 bits per heavy atom. The van der Waals surface area contributed by atoms with Crippen molar-refractivity contribution < 1.29 is 9.59 Å². The van der Waals surface area contributed by atoms with Crippen molar-refractivity contribution in [2.75, 3.05) is 0 Å². The number of nitrogens with one attached hydrogen (secondary N) is 1. The Morgan fingerprint density at radius 1 is 1.07 bits per heavy atom. The highest BCUT2D eigenvalue weighted by Gasteiger charge is 2.30. The summed E-state index contributed by atoms with van der Waals surface area (Å²) in [7, 11) is 0. The first-order valence-electron chi connectivity index (χ1n) is 10.0. The number of carbonyl (C=O) groups excluding carboxylic acids is 2. The normalized spacial score (nSPS) is 12.3. The van der Waals surface area contributed by atoms with Crippen molar-refractivity contribution in [1.29, 1.82) is 0 Å². The van der Waals surface area contributed by atoms with E-state index in [0.29, 0.717) is 18.0 Å². The molecule has 2 amide bonds. The van der Waals surface area contributed by atoms with E-state index in [2.05, 4.69) is 5.32 Å². The molecule has 0 fully saturated rings. The summed E-state index contributed by atoms with van der Waals surface area (Å²) in [5.74, 6) is -0.225. The number of halogens is 1. The topological polar surface area (TPSA) is 49.4 Å². The maximum Gasteiger partial charge on any atom is 0.243 e. The number of hydrogen-bond donors (Lipinski definition) is 1. The summed E-state index contributed by atoms with van der Waals surface area (Å²) in [4.78, 5) is 28.0. The molecule has 5 heteroatoms. The standard InChI is InChI=1S/C24H31ClN2O2/c1-6-21(23(29)26-24(3,4)5)27(16-19-11-7-9-17(2)13-19)22(28)15-18-10-8-12-20(25)14-18/h7-14,21H,6,15-16H2,1-5H3,(H,26,29)/t21-/m0/s1. The highest BCUT2D eigenvalue weighted by atomic mass is 35.5. The molecule has 0 saturated carbocycles. The van der Waals surface area contributed by atoms with Crippen LogP contribution in [0.15, 0.2) is 48.5 Å². The molecule has 0 aromatic heterocycles. The second-order valence-electron chi connectivity index (χ2n) is 8.48. The summed E-state index contributed by atoms with van der Waals surface area (Å²) in [6.45, 7) is 10.2. The van der Waals surface area contributed by atoms with Crippen LogP contribution in [0.5, 0.6) is 0 Å². The number of benzene rings is 2. The van der Waals surface area contributed by atoms with E-state index in [9.17, 15) is 9.59 Å². The summed E-state index contributed by atoms with van der Waals surface area (Å²) in [6, 6.07) is 14.8. The summed E-state index contributed by atoms with van der Waals surface area (Å²) in [6.07, 6.45) is 0.737. The first kappa shape index (κ1) is 23.0. The monoisotopic (exact) mass is 414 g/mol. The molecule has 0 unspecified atom stereocenters. The molecule has 0 aliphatic carbocycles. The molecule has 1 N–H and O–H groups in total. The quantitative estimate of drug-likeness (QED) is 0.699. The summed E-state index contributed by atoms with van der Waals surface area (Å²) >= 11 is 6.08. The molecule has 2 aromatic rings. The Kier molecular flexibility index (Phi) is 7.86. The number of carbonyl (C=O) groups is 2. The van der Waals surface area contributed by atoms with Crippen LogP contribution in [-0.2, 0) is 22.6 Å². The Balaban J connectivity index is 2.32. The third-order valence-electron chi connectivity index (χ3n) is 4.56. The zero-order chi connectivity index (χ0) is 21.6. The Morgan fingerprint density at radius 3 is 2.31 bits per heavy atom. The first-order chi connectivity index (χ1) is 13.6. The predicted octanol–water partition coefficient (Wildman–Crippen LogP) is 4.91. The Hall–Kier alpha value is -2.33. The third kappa shape index (κ3) is 7.21. The van der Waals surface area contributed by atoms with Gasteiger partial charge in [0.1, 0.15) is 6.04 Å². The second-order valence-corrected chi connectivity index (χ2v) is 8.92. The number of amides is 2. The lowest BCUT2D eigenvalue weighted by atomic mass is 10.0. The van der Waals surface area contributed by atoms with E-state index in [1.54, 1.807) is 17.0 Å². The van der Waals surface area contributed by atoms with Crippen molar-refractivity contribution in [3.05, 3.63) is 70.2 Å². The maximum atomic E-state index is 13.3. The molecule has 4 nitrogen and oxygen atoms in total. The van der Waals surface area contributed by atoms with Gasteiger partial charge in [-0.3, -0.25) is 9.59 Å². The minimum absolute atomic E-state index is 0.0929. The predicted molar refractivity (Wildman–Crippen MR) is 119 cm³/mol. The molecular weight excluding hydrogens is 384 g/mol. The molecule has 0 saturated heterocycles. The Bertz CT molecular complexity index is 858. The van der Waals surface area contributed by atoms with Gasteiger partial charge in [0.25, 0.3) is 0 Å². The molecule has 0 aliphatic heterocycles. The van der Waals surface area contributed by atoms with Crippen molar-refractivity contribution in [2.45, 2.75) is 65.6 Å². The van der Waals surface area contributed by atoms with Gasteiger partial charge in [0.2, 0.25) is 11.8 Å². The largest absolute Gasteiger partial charge is 0.350 e. The van der Waals surface area contributed by atoms with Crippen molar-refractivity contribution in [3.8, 4) is 0 Å². The van der Waals surface area contributed by atoms with Crippen molar-refractivity contribution in [2.24, 2.45) is 0 Å². The summed E-state index contributed by atoms with van der Waals surface area (Å²) in [5.41, 5.74) is 2.60. The van der Waals surface area contributed by atoms with Crippen LogP contribution >= 0.6 is 11.6 Å². The molecule has 0 spiro atoms. The number of rotatable bonds is 7. The molecule has 2 rings (SSSR count). The van der Waals surface area contributed by atoms with Crippen LogP contribution in [0.1, 0.15) is 50.8 Å². The minimum Gasteiger partial charge on any atom is -0.350 e. The molecular formula is C24H31ClN2O2. The molecule has 0 aliphatic rings. The van der Waals surface area contributed by atoms with E-state index in [1.807, 2.05) is 71.0 Å². The molecule has 0 bridgehead atoms. The van der Waals surface area contributed by atoms with Crippen LogP contribution in [-0.4, -0.2) is 28.3 Å². The molecule has 29 heavy (non-hydrogen) atoms. The fourth-order valence-corrected chi connectivity index (χ4v) is 3.52. The van der Waals surface area contributed by atoms with Gasteiger partial charge in [-0.05, 0) is 57.4 Å². The molecule has 0 heterocycles. The van der Waals surface area contributed by atoms with Crippen LogP contribution in [0.3, 0.4) is 0 Å². The van der Waals surface area contributed by atoms with E-state index in [0.717, 1.165) is 16.7 Å². The van der Waals surface area contributed by atoms with Crippen LogP contribution in [0, 0.1) is 6.92 Å². The molecule has 156 valence electrons. The van der Waals surface area contributed by atoms with E-state index < -0.39 is 6.04 Å². The fraction of sp³-hybridized carbons (Fsp3) is 0.417. The van der Waals surface area contributed by atoms with E-state index >= 15 is 0 Å². The van der Waals surface area contributed by atoms with Gasteiger partial charge in [0, 0.05) is 17.1 Å². The highest BCUT2D eigenvalue weighted by Crippen LogP contribution is 2.18. The summed E-state index contributed by atoms with van der Waals surface area (Å²) in [5, 5.41) is 3.62. The first-order valence-corrected chi connectivity index (χ1v) is 10.4. The number of aryl methyl sites for hydroxylation is 1. The average Bonchev–Trinajstić information content (AvgIpc) is 2.60. The zero-order valence-electron chi connectivity index (χ0n) is 18.0. The zero-order valence-corrected chi connectivity index (χ0v) is 18.7. The molecule has 0 radical (unpaired) electrons. The summed E-state index contributed by atoms with van der Waals surface area (Å²) < 4.78 is 0. The SMILES string of the molecule is CC[C@@H](C(=O)NC(C)(C)C)N(Cc1cccc(C)c1)C(=O)Cc1cccc(Cl)c1. The Labute approximate surface area is 179 Å². The van der Waals surface area contributed by atoms with E-state index in [1.165, 1.54) is 0 Å². The fourth-order valence-electron chi connectivity index (χ4n) is 3.30. The van der Waals surface area contributed by atoms with Crippen LogP contribution < -0.4 is 5.32 Å². The smallest absolute Gasteiger partial charge is 0.243 e. The van der Waals surface area contributed by atoms with Crippen molar-refractivity contribution >= 4 is 23.4 Å². The van der Waals surface area contributed by atoms with Gasteiger partial charge >= 0.3 is 0 Å². The van der Waals surface area contributed by atoms with Crippen molar-refractivity contribution in [1.82, 2.24) is 10.2 Å². The lowest BCUT2D eigenvalue weighted by Crippen LogP contribution is -2.53. The van der Waals surface area contributed by atoms with Gasteiger partial charge in [-0.2, -0.15) is 0 Å². The highest BCUT2D eigenvalue weighted by molar-refractivity contribution is 6.30. The molecule has 1 atom stereocenters. The van der Waals surface area contributed by atoms with E-state index in [-0.39, 0.29) is 23.8 Å². The second kappa shape index (κ2) is 9.93. The lowest BCUT2D eigenvalue weighted by molar-refractivity contribution is -0.141. The van der Waals surface area contributed by atoms with Gasteiger partial charge in [0.05, 0.1) is 6.42 Å². The van der Waals surface area contributed by atoms with Crippen molar-refractivity contribution in [3.63, 3.8) is 0 Å². The lowest BCUT2D eigenvalue weighted by Gasteiger charge is -2.33. The van der Waals surface area contributed by atoms with Crippen LogP contribution in [0.2, 0.25) is 5.02 Å². The average molecular weight is 415 g/mol. The van der Waals surface area contributed by atoms with Gasteiger partial charge in [-0.25, -0.2) is 0 Å². The van der Waals surface area contributed by atoms with Crippen LogP contribution in [0.4, 0.5) is 0 Å². The van der Waals surface area contributed by atoms with E-state index in [4.69, 9.17) is 11.6 Å². The third-order valence-corrected chi connectivity index (χ3v) is 4.80.